The molecule has 0 saturated heterocycles. The number of rotatable bonds is 4. The van der Waals surface area contributed by atoms with Crippen LogP contribution in [-0.4, -0.2) is 11.4 Å². The normalized spacial score (nSPS) is 9.14. The van der Waals surface area contributed by atoms with Crippen LogP contribution in [0.2, 0.25) is 0 Å². The second-order valence-corrected chi connectivity index (χ2v) is 2.72. The van der Waals surface area contributed by atoms with Crippen LogP contribution in [-0.2, 0) is 11.2 Å². The smallest absolute Gasteiger partial charge is 0.125 e. The van der Waals surface area contributed by atoms with Crippen LogP contribution >= 0.6 is 0 Å². The van der Waals surface area contributed by atoms with Gasteiger partial charge >= 0.3 is 0 Å². The molecule has 0 aliphatic carbocycles. The Morgan fingerprint density at radius 3 is 3.00 bits per heavy atom. The molecule has 0 heterocycles. The molecule has 0 aliphatic rings. The van der Waals surface area contributed by atoms with Crippen LogP contribution in [0, 0.1) is 0 Å². The van der Waals surface area contributed by atoms with Gasteiger partial charge in [-0.25, -0.2) is 0 Å². The number of carbonyl (C=O) groups excluding carboxylic acids is 1. The fourth-order valence-corrected chi connectivity index (χ4v) is 1.08. The number of aldehydes is 1. The van der Waals surface area contributed by atoms with Gasteiger partial charge < -0.3 is 9.90 Å². The average Bonchev–Trinajstić information content (AvgIpc) is 2.19. The number of azide groups is 1. The Hall–Kier alpha value is -2.00. The fourth-order valence-electron chi connectivity index (χ4n) is 1.08. The third-order valence-corrected chi connectivity index (χ3v) is 1.74. The lowest BCUT2D eigenvalue weighted by atomic mass is 10.1. The number of phenolic OH excluding ortho intramolecular Hbond substituents is 1. The van der Waals surface area contributed by atoms with Gasteiger partial charge in [-0.1, -0.05) is 11.2 Å². The van der Waals surface area contributed by atoms with Gasteiger partial charge in [-0.15, -0.1) is 0 Å². The number of hydrogen-bond donors (Lipinski definition) is 1. The molecule has 0 aromatic heterocycles. The SMILES string of the molecule is [N-]=[N+]=Nc1cc(CCC=O)ccc1O. The molecule has 0 unspecified atom stereocenters. The van der Waals surface area contributed by atoms with Crippen molar-refractivity contribution in [2.24, 2.45) is 5.11 Å². The summed E-state index contributed by atoms with van der Waals surface area (Å²) in [5.41, 5.74) is 9.25. The minimum Gasteiger partial charge on any atom is -0.507 e. The van der Waals surface area contributed by atoms with Crippen molar-refractivity contribution in [2.45, 2.75) is 12.8 Å². The molecule has 1 aromatic rings. The highest BCUT2D eigenvalue weighted by Gasteiger charge is 2.00. The van der Waals surface area contributed by atoms with E-state index < -0.39 is 0 Å². The number of aryl methyl sites for hydroxylation is 1. The summed E-state index contributed by atoms with van der Waals surface area (Å²) in [6, 6.07) is 4.71. The molecule has 0 spiro atoms. The van der Waals surface area contributed by atoms with Gasteiger partial charge in [0.1, 0.15) is 12.0 Å². The molecule has 14 heavy (non-hydrogen) atoms. The van der Waals surface area contributed by atoms with Crippen molar-refractivity contribution in [1.29, 1.82) is 0 Å². The van der Waals surface area contributed by atoms with Crippen LogP contribution in [0.4, 0.5) is 5.69 Å². The van der Waals surface area contributed by atoms with E-state index in [-0.39, 0.29) is 11.4 Å². The Bertz CT molecular complexity index is 384. The minimum atomic E-state index is -0.0577. The summed E-state index contributed by atoms with van der Waals surface area (Å²) < 4.78 is 0. The minimum absolute atomic E-state index is 0.0577. The zero-order valence-corrected chi connectivity index (χ0v) is 7.42. The van der Waals surface area contributed by atoms with Crippen LogP contribution in [0.25, 0.3) is 10.4 Å². The van der Waals surface area contributed by atoms with Gasteiger partial charge in [-0.3, -0.25) is 0 Å². The summed E-state index contributed by atoms with van der Waals surface area (Å²) in [5, 5.41) is 12.6. The molecule has 1 N–H and O–H groups in total. The Labute approximate surface area is 80.6 Å². The van der Waals surface area contributed by atoms with Crippen molar-refractivity contribution in [3.63, 3.8) is 0 Å². The average molecular weight is 191 g/mol. The Balaban J connectivity index is 2.93. The monoisotopic (exact) mass is 191 g/mol. The first-order valence-corrected chi connectivity index (χ1v) is 4.08. The summed E-state index contributed by atoms with van der Waals surface area (Å²) in [4.78, 5) is 12.7. The molecule has 0 bridgehead atoms. The van der Waals surface area contributed by atoms with E-state index >= 15 is 0 Å². The molecule has 5 nitrogen and oxygen atoms in total. The number of benzene rings is 1. The number of carbonyl (C=O) groups is 1. The number of hydrogen-bond acceptors (Lipinski definition) is 3. The predicted molar refractivity (Wildman–Crippen MR) is 51.3 cm³/mol. The van der Waals surface area contributed by atoms with Gasteiger partial charge in [0.05, 0.1) is 5.69 Å². The van der Waals surface area contributed by atoms with E-state index in [4.69, 9.17) is 5.53 Å². The molecule has 0 saturated carbocycles. The van der Waals surface area contributed by atoms with E-state index in [0.717, 1.165) is 11.8 Å². The summed E-state index contributed by atoms with van der Waals surface area (Å²) >= 11 is 0. The van der Waals surface area contributed by atoms with E-state index in [1.54, 1.807) is 12.1 Å². The quantitative estimate of drug-likeness (QED) is 0.343. The molecule has 1 rings (SSSR count). The summed E-state index contributed by atoms with van der Waals surface area (Å²) in [5.74, 6) is -0.0577. The number of aromatic hydroxyl groups is 1. The summed E-state index contributed by atoms with van der Waals surface area (Å²) in [7, 11) is 0. The molecule has 0 fully saturated rings. The number of nitrogens with zero attached hydrogens (tertiary/aromatic N) is 3. The van der Waals surface area contributed by atoms with Gasteiger partial charge in [0.2, 0.25) is 0 Å². The van der Waals surface area contributed by atoms with Crippen molar-refractivity contribution >= 4 is 12.0 Å². The highest BCUT2D eigenvalue weighted by atomic mass is 16.3. The first-order valence-electron chi connectivity index (χ1n) is 4.08. The lowest BCUT2D eigenvalue weighted by Crippen LogP contribution is -1.85. The van der Waals surface area contributed by atoms with E-state index in [9.17, 15) is 9.90 Å². The maximum atomic E-state index is 10.1. The van der Waals surface area contributed by atoms with Gasteiger partial charge in [-0.05, 0) is 29.6 Å². The lowest BCUT2D eigenvalue weighted by molar-refractivity contribution is -0.107. The maximum absolute atomic E-state index is 10.1. The van der Waals surface area contributed by atoms with E-state index in [0.29, 0.717) is 12.8 Å². The van der Waals surface area contributed by atoms with Crippen LogP contribution in [0.15, 0.2) is 23.3 Å². The predicted octanol–water partition coefficient (Wildman–Crippen LogP) is 2.47. The van der Waals surface area contributed by atoms with Gasteiger partial charge in [-0.2, -0.15) is 0 Å². The Morgan fingerprint density at radius 2 is 2.36 bits per heavy atom. The Morgan fingerprint density at radius 1 is 1.57 bits per heavy atom. The zero-order chi connectivity index (χ0) is 10.4. The van der Waals surface area contributed by atoms with Crippen LogP contribution in [0.1, 0.15) is 12.0 Å². The van der Waals surface area contributed by atoms with E-state index in [2.05, 4.69) is 10.0 Å². The molecule has 0 atom stereocenters. The van der Waals surface area contributed by atoms with E-state index in [1.165, 1.54) is 6.07 Å². The van der Waals surface area contributed by atoms with Crippen LogP contribution in [0.5, 0.6) is 5.75 Å². The highest BCUT2D eigenvalue weighted by Crippen LogP contribution is 2.27. The third kappa shape index (κ3) is 2.50. The summed E-state index contributed by atoms with van der Waals surface area (Å²) in [6.07, 6.45) is 1.82. The van der Waals surface area contributed by atoms with Crippen LogP contribution < -0.4 is 0 Å². The topological polar surface area (TPSA) is 86.1 Å². The molecule has 0 amide bonds. The zero-order valence-electron chi connectivity index (χ0n) is 7.42. The van der Waals surface area contributed by atoms with Crippen molar-refractivity contribution in [2.75, 3.05) is 0 Å². The molecule has 0 radical (unpaired) electrons. The summed E-state index contributed by atoms with van der Waals surface area (Å²) in [6.45, 7) is 0. The fraction of sp³-hybridized carbons (Fsp3) is 0.222. The molecule has 1 aromatic carbocycles. The molecular weight excluding hydrogens is 182 g/mol. The molecule has 5 heteroatoms. The first-order chi connectivity index (χ1) is 6.77. The van der Waals surface area contributed by atoms with Gasteiger partial charge in [0.25, 0.3) is 0 Å². The second kappa shape index (κ2) is 4.89. The van der Waals surface area contributed by atoms with Crippen molar-refractivity contribution in [3.8, 4) is 5.75 Å². The standard InChI is InChI=1S/C9H9N3O2/c10-12-11-8-6-7(2-1-5-13)3-4-9(8)14/h3-6,14H,1-2H2. The van der Waals surface area contributed by atoms with Gasteiger partial charge in [0.15, 0.2) is 0 Å². The van der Waals surface area contributed by atoms with Crippen molar-refractivity contribution < 1.29 is 9.90 Å². The van der Waals surface area contributed by atoms with Crippen molar-refractivity contribution in [1.82, 2.24) is 0 Å². The molecular formula is C9H9N3O2. The molecule has 72 valence electrons. The first kappa shape index (κ1) is 10.1. The third-order valence-electron chi connectivity index (χ3n) is 1.74. The highest BCUT2D eigenvalue weighted by molar-refractivity contribution is 5.54. The van der Waals surface area contributed by atoms with Gasteiger partial charge in [0, 0.05) is 11.3 Å². The lowest BCUT2D eigenvalue weighted by Gasteiger charge is -2.01. The maximum Gasteiger partial charge on any atom is 0.125 e. The second-order valence-electron chi connectivity index (χ2n) is 2.72. The van der Waals surface area contributed by atoms with E-state index in [1.807, 2.05) is 0 Å². The number of phenols is 1. The largest absolute Gasteiger partial charge is 0.507 e. The molecule has 0 aliphatic heterocycles. The Kier molecular flexibility index (Phi) is 3.52. The van der Waals surface area contributed by atoms with Crippen LogP contribution in [0.3, 0.4) is 0 Å². The van der Waals surface area contributed by atoms with Crippen molar-refractivity contribution in [3.05, 3.63) is 34.2 Å².